The summed E-state index contributed by atoms with van der Waals surface area (Å²) in [4.78, 5) is 24.8. The Morgan fingerprint density at radius 2 is 1.78 bits per heavy atom. The molecular weight excluding hydrogens is 477 g/mol. The molecule has 8 nitrogen and oxygen atoms in total. The van der Waals surface area contributed by atoms with Crippen molar-refractivity contribution < 1.29 is 28.9 Å². The highest BCUT2D eigenvalue weighted by molar-refractivity contribution is 5.93. The summed E-state index contributed by atoms with van der Waals surface area (Å²) in [5, 5.41) is 27.3. The fraction of sp³-hybridized carbons (Fsp3) is 0.393. The van der Waals surface area contributed by atoms with E-state index in [-0.39, 0.29) is 30.3 Å². The number of ether oxygens (including phenoxy) is 1. The maximum Gasteiger partial charge on any atom is 0.305 e. The van der Waals surface area contributed by atoms with Crippen LogP contribution in [0, 0.1) is 25.1 Å². The van der Waals surface area contributed by atoms with Crippen LogP contribution in [-0.4, -0.2) is 44.1 Å². The Morgan fingerprint density at radius 1 is 1.11 bits per heavy atom. The van der Waals surface area contributed by atoms with Gasteiger partial charge in [-0.15, -0.1) is 0 Å². The first-order valence-electron chi connectivity index (χ1n) is 12.0. The van der Waals surface area contributed by atoms with Gasteiger partial charge in [-0.1, -0.05) is 56.7 Å². The van der Waals surface area contributed by atoms with Crippen LogP contribution in [0.2, 0.25) is 0 Å². The normalized spacial score (nSPS) is 14.1. The maximum atomic E-state index is 14.6. The molecule has 0 spiro atoms. The van der Waals surface area contributed by atoms with E-state index in [4.69, 9.17) is 4.74 Å². The number of aliphatic carboxylic acids is 1. The van der Waals surface area contributed by atoms with E-state index >= 15 is 0 Å². The van der Waals surface area contributed by atoms with Crippen LogP contribution in [0.3, 0.4) is 0 Å². The van der Waals surface area contributed by atoms with E-state index in [0.29, 0.717) is 5.56 Å². The molecule has 0 aliphatic heterocycles. The molecule has 0 bridgehead atoms. The predicted molar refractivity (Wildman–Crippen MR) is 137 cm³/mol. The van der Waals surface area contributed by atoms with Gasteiger partial charge in [0, 0.05) is 6.07 Å². The van der Waals surface area contributed by atoms with Gasteiger partial charge in [0.15, 0.2) is 5.69 Å². The number of carboxylic acids is 1. The van der Waals surface area contributed by atoms with Crippen LogP contribution in [-0.2, 0) is 4.79 Å². The van der Waals surface area contributed by atoms with Crippen molar-refractivity contribution in [1.82, 2.24) is 15.1 Å². The van der Waals surface area contributed by atoms with E-state index in [2.05, 4.69) is 10.4 Å². The van der Waals surface area contributed by atoms with Gasteiger partial charge in [-0.05, 0) is 49.4 Å². The first-order valence-corrected chi connectivity index (χ1v) is 12.0. The number of carboxylic acid groups (broad SMARTS) is 1. The lowest BCUT2D eigenvalue weighted by atomic mass is 9.78. The summed E-state index contributed by atoms with van der Waals surface area (Å²) in [6.45, 7) is 10.8. The number of nitrogens with one attached hydrogen (secondary N) is 1. The number of nitrogens with zero attached hydrogens (tertiary/aromatic N) is 2. The molecule has 0 saturated carbocycles. The van der Waals surface area contributed by atoms with Crippen LogP contribution in [0.5, 0.6) is 5.88 Å². The minimum Gasteiger partial charge on any atom is -0.481 e. The fourth-order valence-electron chi connectivity index (χ4n) is 3.67. The van der Waals surface area contributed by atoms with Gasteiger partial charge in [-0.3, -0.25) is 9.59 Å². The minimum atomic E-state index is -1.24. The molecule has 0 fully saturated rings. The van der Waals surface area contributed by atoms with Crippen molar-refractivity contribution in [2.75, 3.05) is 6.61 Å². The highest BCUT2D eigenvalue weighted by atomic mass is 19.1. The van der Waals surface area contributed by atoms with Gasteiger partial charge in [0.2, 0.25) is 5.88 Å². The number of hydrogen-bond donors (Lipinski definition) is 3. The summed E-state index contributed by atoms with van der Waals surface area (Å²) in [7, 11) is 0. The quantitative estimate of drug-likeness (QED) is 0.382. The van der Waals surface area contributed by atoms with Gasteiger partial charge >= 0.3 is 5.97 Å². The molecule has 0 saturated heterocycles. The van der Waals surface area contributed by atoms with Crippen molar-refractivity contribution in [2.45, 2.75) is 59.6 Å². The third-order valence-electron chi connectivity index (χ3n) is 6.59. The Morgan fingerprint density at radius 3 is 2.38 bits per heavy atom. The van der Waals surface area contributed by atoms with E-state index in [1.54, 1.807) is 19.1 Å². The maximum absolute atomic E-state index is 14.6. The molecule has 3 aromatic rings. The smallest absolute Gasteiger partial charge is 0.305 e. The molecule has 1 heterocycles. The number of hydrogen-bond acceptors (Lipinski definition) is 5. The van der Waals surface area contributed by atoms with Gasteiger partial charge in [-0.25, -0.2) is 4.39 Å². The monoisotopic (exact) mass is 511 g/mol. The standard InChI is InChI=1S/C28H34FN3O5/c1-17-11-12-19(18(2)13-17)21(15-25(33)34)30-26(35)22-14-24(37-16-28(6,36)27(3,4)5)32(31-22)23-10-8-7-9-20(23)29/h7-14,21,36H,15-16H2,1-6H3,(H,30,35)(H,33,34)/t21-,28+/m0/s1. The molecular formula is C28H34FN3O5. The van der Waals surface area contributed by atoms with Gasteiger partial charge in [0.1, 0.15) is 23.7 Å². The fourth-order valence-corrected chi connectivity index (χ4v) is 3.67. The topological polar surface area (TPSA) is 114 Å². The number of aromatic nitrogens is 2. The van der Waals surface area contributed by atoms with Crippen molar-refractivity contribution in [1.29, 1.82) is 0 Å². The van der Waals surface area contributed by atoms with E-state index in [0.717, 1.165) is 15.8 Å². The van der Waals surface area contributed by atoms with Crippen molar-refractivity contribution in [2.24, 2.45) is 5.41 Å². The lowest BCUT2D eigenvalue weighted by Crippen LogP contribution is -2.45. The minimum absolute atomic E-state index is 0.0566. The number of aryl methyl sites for hydroxylation is 2. The molecule has 198 valence electrons. The van der Waals surface area contributed by atoms with Crippen molar-refractivity contribution in [3.8, 4) is 11.6 Å². The van der Waals surface area contributed by atoms with Crippen LogP contribution in [0.25, 0.3) is 5.69 Å². The summed E-state index contributed by atoms with van der Waals surface area (Å²) in [6.07, 6.45) is -0.332. The summed E-state index contributed by atoms with van der Waals surface area (Å²) in [5.74, 6) is -2.24. The van der Waals surface area contributed by atoms with Crippen LogP contribution in [0.1, 0.15) is 67.3 Å². The highest BCUT2D eigenvalue weighted by Gasteiger charge is 2.36. The number of amides is 1. The molecule has 1 amide bonds. The molecule has 1 aromatic heterocycles. The number of benzene rings is 2. The van der Waals surface area contributed by atoms with Gasteiger partial charge in [0.05, 0.1) is 12.5 Å². The van der Waals surface area contributed by atoms with Crippen LogP contribution in [0.15, 0.2) is 48.5 Å². The largest absolute Gasteiger partial charge is 0.481 e. The third kappa shape index (κ3) is 6.54. The third-order valence-corrected chi connectivity index (χ3v) is 6.59. The molecule has 3 rings (SSSR count). The number of rotatable bonds is 9. The second kappa shape index (κ2) is 10.7. The number of aliphatic hydroxyl groups is 1. The first kappa shape index (κ1) is 27.9. The molecule has 0 aliphatic carbocycles. The summed E-state index contributed by atoms with van der Waals surface area (Å²) < 4.78 is 21.7. The second-order valence-electron chi connectivity index (χ2n) is 10.5. The Bertz CT molecular complexity index is 1290. The first-order chi connectivity index (χ1) is 17.2. The Hall–Kier alpha value is -3.72. The molecule has 3 N–H and O–H groups in total. The molecule has 37 heavy (non-hydrogen) atoms. The SMILES string of the molecule is Cc1ccc([C@H](CC(=O)O)NC(=O)c2cc(OC[C@@](C)(O)C(C)(C)C)n(-c3ccccc3F)n2)c(C)c1. The molecule has 2 aromatic carbocycles. The predicted octanol–water partition coefficient (Wildman–Crippen LogP) is 4.75. The van der Waals surface area contributed by atoms with Crippen LogP contribution < -0.4 is 10.1 Å². The van der Waals surface area contributed by atoms with Crippen molar-refractivity contribution >= 4 is 11.9 Å². The molecule has 2 atom stereocenters. The summed E-state index contributed by atoms with van der Waals surface area (Å²) in [6, 6.07) is 12.0. The number of halogens is 1. The zero-order valence-electron chi connectivity index (χ0n) is 22.0. The Kier molecular flexibility index (Phi) is 8.07. The number of para-hydroxylation sites is 1. The van der Waals surface area contributed by atoms with Crippen LogP contribution >= 0.6 is 0 Å². The second-order valence-corrected chi connectivity index (χ2v) is 10.5. The average molecular weight is 512 g/mol. The summed E-state index contributed by atoms with van der Waals surface area (Å²) >= 11 is 0. The van der Waals surface area contributed by atoms with Gasteiger partial charge < -0.3 is 20.3 Å². The van der Waals surface area contributed by atoms with Crippen molar-refractivity contribution in [3.05, 3.63) is 76.7 Å². The average Bonchev–Trinajstić information content (AvgIpc) is 3.21. The zero-order chi connectivity index (χ0) is 27.5. The van der Waals surface area contributed by atoms with E-state index < -0.39 is 34.8 Å². The van der Waals surface area contributed by atoms with E-state index in [9.17, 15) is 24.2 Å². The Balaban J connectivity index is 1.97. The zero-order valence-corrected chi connectivity index (χ0v) is 22.0. The summed E-state index contributed by atoms with van der Waals surface area (Å²) in [5.41, 5.74) is 0.737. The number of carbonyl (C=O) groups excluding carboxylic acids is 1. The lowest BCUT2D eigenvalue weighted by molar-refractivity contribution is -0.137. The molecule has 9 heteroatoms. The van der Waals surface area contributed by atoms with Gasteiger partial charge in [0.25, 0.3) is 5.91 Å². The Labute approximate surface area is 216 Å². The van der Waals surface area contributed by atoms with Crippen LogP contribution in [0.4, 0.5) is 4.39 Å². The number of carbonyl (C=O) groups is 2. The molecule has 0 unspecified atom stereocenters. The van der Waals surface area contributed by atoms with E-state index in [1.165, 1.54) is 24.3 Å². The highest BCUT2D eigenvalue weighted by Crippen LogP contribution is 2.31. The van der Waals surface area contributed by atoms with E-state index in [1.807, 2.05) is 46.8 Å². The lowest BCUT2D eigenvalue weighted by Gasteiger charge is -2.36. The molecule has 0 aliphatic rings. The van der Waals surface area contributed by atoms with Crippen molar-refractivity contribution in [3.63, 3.8) is 0 Å². The van der Waals surface area contributed by atoms with Gasteiger partial charge in [-0.2, -0.15) is 9.78 Å². The molecule has 0 radical (unpaired) electrons.